The molecule has 3 N–H and O–H groups in total. The van der Waals surface area contributed by atoms with Crippen LogP contribution in [0.3, 0.4) is 0 Å². The van der Waals surface area contributed by atoms with E-state index in [1.54, 1.807) is 0 Å². The third-order valence-corrected chi connectivity index (χ3v) is 3.23. The van der Waals surface area contributed by atoms with Crippen LogP contribution in [0.4, 0.5) is 0 Å². The quantitative estimate of drug-likeness (QED) is 0.725. The number of ether oxygens (including phenoxy) is 1. The summed E-state index contributed by atoms with van der Waals surface area (Å²) in [5.41, 5.74) is 6.51. The van der Waals surface area contributed by atoms with Crippen LogP contribution in [-0.2, 0) is 20.7 Å². The smallest absolute Gasteiger partial charge is 0.328 e. The van der Waals surface area contributed by atoms with Crippen LogP contribution < -0.4 is 11.1 Å². The van der Waals surface area contributed by atoms with E-state index in [4.69, 9.17) is 10.5 Å². The van der Waals surface area contributed by atoms with Gasteiger partial charge in [0.1, 0.15) is 6.04 Å². The van der Waals surface area contributed by atoms with Crippen LogP contribution in [0.1, 0.15) is 18.9 Å². The van der Waals surface area contributed by atoms with Crippen molar-refractivity contribution in [3.05, 3.63) is 35.9 Å². The van der Waals surface area contributed by atoms with Crippen molar-refractivity contribution in [2.24, 2.45) is 11.7 Å². The minimum Gasteiger partial charge on any atom is -0.467 e. The highest BCUT2D eigenvalue weighted by atomic mass is 16.5. The number of esters is 1. The van der Waals surface area contributed by atoms with Crippen molar-refractivity contribution in [1.29, 1.82) is 0 Å². The molecule has 1 aromatic carbocycles. The molecule has 110 valence electrons. The summed E-state index contributed by atoms with van der Waals surface area (Å²) in [7, 11) is 1.31. The van der Waals surface area contributed by atoms with E-state index in [2.05, 4.69) is 5.32 Å². The van der Waals surface area contributed by atoms with Crippen LogP contribution >= 0.6 is 0 Å². The first-order valence-corrected chi connectivity index (χ1v) is 6.74. The minimum absolute atomic E-state index is 0.207. The SMILES string of the molecule is CCC(CN)C(=O)NC(Cc1ccccc1)C(=O)OC. The van der Waals surface area contributed by atoms with E-state index >= 15 is 0 Å². The van der Waals surface area contributed by atoms with Crippen molar-refractivity contribution in [3.63, 3.8) is 0 Å². The molecule has 0 aliphatic rings. The van der Waals surface area contributed by atoms with Crippen molar-refractivity contribution >= 4 is 11.9 Å². The summed E-state index contributed by atoms with van der Waals surface area (Å²) in [5.74, 6) is -0.937. The van der Waals surface area contributed by atoms with E-state index in [0.29, 0.717) is 12.8 Å². The van der Waals surface area contributed by atoms with Gasteiger partial charge in [-0.3, -0.25) is 4.79 Å². The number of rotatable bonds is 7. The summed E-state index contributed by atoms with van der Waals surface area (Å²) >= 11 is 0. The maximum absolute atomic E-state index is 12.0. The molecule has 0 aliphatic heterocycles. The van der Waals surface area contributed by atoms with Crippen LogP contribution in [-0.4, -0.2) is 31.6 Å². The van der Waals surface area contributed by atoms with Crippen molar-refractivity contribution in [2.45, 2.75) is 25.8 Å². The standard InChI is InChI=1S/C15H22N2O3/c1-3-12(10-16)14(18)17-13(15(19)20-2)9-11-7-5-4-6-8-11/h4-8,12-13H,3,9-10,16H2,1-2H3,(H,17,18). The Labute approximate surface area is 119 Å². The monoisotopic (exact) mass is 278 g/mol. The molecule has 5 heteroatoms. The van der Waals surface area contributed by atoms with Gasteiger partial charge < -0.3 is 15.8 Å². The number of amides is 1. The summed E-state index contributed by atoms with van der Waals surface area (Å²) < 4.78 is 4.75. The van der Waals surface area contributed by atoms with E-state index in [-0.39, 0.29) is 18.4 Å². The molecule has 0 aliphatic carbocycles. The fraction of sp³-hybridized carbons (Fsp3) is 0.467. The minimum atomic E-state index is -0.685. The maximum atomic E-state index is 12.0. The van der Waals surface area contributed by atoms with Crippen molar-refractivity contribution in [1.82, 2.24) is 5.32 Å². The summed E-state index contributed by atoms with van der Waals surface area (Å²) in [6.45, 7) is 2.16. The first-order valence-electron chi connectivity index (χ1n) is 6.74. The second-order valence-corrected chi connectivity index (χ2v) is 4.61. The maximum Gasteiger partial charge on any atom is 0.328 e. The normalized spacial score (nSPS) is 13.3. The van der Waals surface area contributed by atoms with Gasteiger partial charge >= 0.3 is 5.97 Å². The molecule has 5 nitrogen and oxygen atoms in total. The molecule has 0 bridgehead atoms. The topological polar surface area (TPSA) is 81.4 Å². The van der Waals surface area contributed by atoms with Crippen LogP contribution in [0.25, 0.3) is 0 Å². The fourth-order valence-corrected chi connectivity index (χ4v) is 1.93. The first-order chi connectivity index (χ1) is 9.62. The zero-order valence-electron chi connectivity index (χ0n) is 12.0. The number of hydrogen-bond acceptors (Lipinski definition) is 4. The van der Waals surface area contributed by atoms with Crippen molar-refractivity contribution in [3.8, 4) is 0 Å². The Kier molecular flexibility index (Phi) is 6.73. The molecule has 2 unspecified atom stereocenters. The van der Waals surface area contributed by atoms with Crippen molar-refractivity contribution in [2.75, 3.05) is 13.7 Å². The molecule has 0 heterocycles. The summed E-state index contributed by atoms with van der Waals surface area (Å²) in [4.78, 5) is 23.8. The van der Waals surface area contributed by atoms with Crippen LogP contribution in [0.2, 0.25) is 0 Å². The molecule has 0 radical (unpaired) electrons. The number of nitrogens with one attached hydrogen (secondary N) is 1. The first kappa shape index (κ1) is 16.2. The van der Waals surface area contributed by atoms with Gasteiger partial charge in [0.2, 0.25) is 5.91 Å². The molecular formula is C15H22N2O3. The molecule has 0 fully saturated rings. The van der Waals surface area contributed by atoms with Gasteiger partial charge in [-0.15, -0.1) is 0 Å². The molecule has 1 amide bonds. The molecule has 0 spiro atoms. The third kappa shape index (κ3) is 4.66. The lowest BCUT2D eigenvalue weighted by molar-refractivity contribution is -0.145. The lowest BCUT2D eigenvalue weighted by Crippen LogP contribution is -2.46. The Morgan fingerprint density at radius 2 is 1.95 bits per heavy atom. The Morgan fingerprint density at radius 3 is 2.45 bits per heavy atom. The number of nitrogens with two attached hydrogens (primary N) is 1. The van der Waals surface area contributed by atoms with Crippen LogP contribution in [0.5, 0.6) is 0 Å². The predicted molar refractivity (Wildman–Crippen MR) is 76.9 cm³/mol. The number of benzene rings is 1. The third-order valence-electron chi connectivity index (χ3n) is 3.23. The lowest BCUT2D eigenvalue weighted by atomic mass is 10.0. The number of methoxy groups -OCH3 is 1. The Bertz CT molecular complexity index is 430. The van der Waals surface area contributed by atoms with E-state index in [1.807, 2.05) is 37.3 Å². The van der Waals surface area contributed by atoms with Gasteiger partial charge in [-0.05, 0) is 12.0 Å². The van der Waals surface area contributed by atoms with E-state index in [9.17, 15) is 9.59 Å². The van der Waals surface area contributed by atoms with E-state index in [0.717, 1.165) is 5.56 Å². The second kappa shape index (κ2) is 8.32. The molecule has 0 saturated carbocycles. The van der Waals surface area contributed by atoms with Gasteiger partial charge in [-0.1, -0.05) is 37.3 Å². The Hall–Kier alpha value is -1.88. The highest BCUT2D eigenvalue weighted by molar-refractivity contribution is 5.86. The number of carbonyl (C=O) groups is 2. The molecular weight excluding hydrogens is 256 g/mol. The molecule has 1 aromatic rings. The predicted octanol–water partition coefficient (Wildman–Crippen LogP) is 0.872. The van der Waals surface area contributed by atoms with Gasteiger partial charge in [0.05, 0.1) is 7.11 Å². The molecule has 20 heavy (non-hydrogen) atoms. The average Bonchev–Trinajstić information content (AvgIpc) is 2.48. The van der Waals surface area contributed by atoms with E-state index in [1.165, 1.54) is 7.11 Å². The molecule has 0 saturated heterocycles. The number of hydrogen-bond donors (Lipinski definition) is 2. The summed E-state index contributed by atoms with van der Waals surface area (Å²) in [6, 6.07) is 8.80. The highest BCUT2D eigenvalue weighted by Gasteiger charge is 2.24. The number of carbonyl (C=O) groups excluding carboxylic acids is 2. The van der Waals surface area contributed by atoms with Gasteiger partial charge in [-0.25, -0.2) is 4.79 Å². The van der Waals surface area contributed by atoms with Gasteiger partial charge in [-0.2, -0.15) is 0 Å². The lowest BCUT2D eigenvalue weighted by Gasteiger charge is -2.19. The molecule has 1 rings (SSSR count). The average molecular weight is 278 g/mol. The zero-order chi connectivity index (χ0) is 15.0. The van der Waals surface area contributed by atoms with E-state index < -0.39 is 12.0 Å². The van der Waals surface area contributed by atoms with Gasteiger partial charge in [0, 0.05) is 18.9 Å². The molecule has 2 atom stereocenters. The largest absolute Gasteiger partial charge is 0.467 e. The zero-order valence-corrected chi connectivity index (χ0v) is 12.0. The van der Waals surface area contributed by atoms with Gasteiger partial charge in [0.15, 0.2) is 0 Å². The van der Waals surface area contributed by atoms with Crippen molar-refractivity contribution < 1.29 is 14.3 Å². The fourth-order valence-electron chi connectivity index (χ4n) is 1.93. The Morgan fingerprint density at radius 1 is 1.30 bits per heavy atom. The second-order valence-electron chi connectivity index (χ2n) is 4.61. The van der Waals surface area contributed by atoms with Crippen LogP contribution in [0.15, 0.2) is 30.3 Å². The Balaban J connectivity index is 2.75. The molecule has 0 aromatic heterocycles. The van der Waals surface area contributed by atoms with Gasteiger partial charge in [0.25, 0.3) is 0 Å². The summed E-state index contributed by atoms with van der Waals surface area (Å²) in [6.07, 6.45) is 1.04. The highest BCUT2D eigenvalue weighted by Crippen LogP contribution is 2.07. The summed E-state index contributed by atoms with van der Waals surface area (Å²) in [5, 5.41) is 2.72. The van der Waals surface area contributed by atoms with Crippen LogP contribution in [0, 0.1) is 5.92 Å².